The van der Waals surface area contributed by atoms with Crippen LogP contribution in [0.15, 0.2) is 57.9 Å². The molecule has 166 valence electrons. The maximum Gasteiger partial charge on any atom is 0.259 e. The molecule has 2 aromatic carbocycles. The molecule has 0 bridgehead atoms. The largest absolute Gasteiger partial charge is 0.360 e. The summed E-state index contributed by atoms with van der Waals surface area (Å²) < 4.78 is 33.2. The number of sulfonamides is 1. The van der Waals surface area contributed by atoms with Gasteiger partial charge in [0.05, 0.1) is 4.90 Å². The van der Waals surface area contributed by atoms with E-state index in [9.17, 15) is 13.2 Å². The molecule has 3 aromatic rings. The predicted octanol–water partition coefficient (Wildman–Crippen LogP) is 3.29. The van der Waals surface area contributed by atoms with Gasteiger partial charge in [0.2, 0.25) is 10.0 Å². The van der Waals surface area contributed by atoms with Crippen LogP contribution in [0.2, 0.25) is 0 Å². The second kappa shape index (κ2) is 8.18. The van der Waals surface area contributed by atoms with Gasteiger partial charge in [-0.05, 0) is 49.4 Å². The summed E-state index contributed by atoms with van der Waals surface area (Å²) in [6.07, 6.45) is 3.03. The molecule has 1 amide bonds. The first-order chi connectivity index (χ1) is 15.4. The van der Waals surface area contributed by atoms with Gasteiger partial charge in [-0.25, -0.2) is 8.42 Å². The Morgan fingerprint density at radius 2 is 1.69 bits per heavy atom. The van der Waals surface area contributed by atoms with Crippen molar-refractivity contribution >= 4 is 15.9 Å². The van der Waals surface area contributed by atoms with Gasteiger partial charge in [-0.3, -0.25) is 4.79 Å². The molecule has 8 heteroatoms. The van der Waals surface area contributed by atoms with Gasteiger partial charge in [0.1, 0.15) is 17.0 Å². The van der Waals surface area contributed by atoms with Gasteiger partial charge < -0.3 is 9.42 Å². The molecule has 1 saturated heterocycles. The molecule has 2 aliphatic rings. The lowest BCUT2D eigenvalue weighted by Crippen LogP contribution is -2.50. The van der Waals surface area contributed by atoms with E-state index in [1.54, 1.807) is 17.9 Å². The summed E-state index contributed by atoms with van der Waals surface area (Å²) >= 11 is 0. The Morgan fingerprint density at radius 1 is 0.969 bits per heavy atom. The van der Waals surface area contributed by atoms with Crippen molar-refractivity contribution in [3.63, 3.8) is 0 Å². The Balaban J connectivity index is 1.32. The highest BCUT2D eigenvalue weighted by molar-refractivity contribution is 7.89. The molecule has 1 fully saturated rings. The second-order valence-electron chi connectivity index (χ2n) is 8.31. The lowest BCUT2D eigenvalue weighted by molar-refractivity contribution is 0.0696. The molecule has 32 heavy (non-hydrogen) atoms. The van der Waals surface area contributed by atoms with Crippen molar-refractivity contribution in [2.24, 2.45) is 0 Å². The lowest BCUT2D eigenvalue weighted by Gasteiger charge is -2.34. The van der Waals surface area contributed by atoms with Crippen molar-refractivity contribution < 1.29 is 17.7 Å². The number of hydrogen-bond donors (Lipinski definition) is 0. The van der Waals surface area contributed by atoms with Crippen molar-refractivity contribution in [2.45, 2.75) is 31.1 Å². The molecule has 0 spiro atoms. The molecule has 1 aliphatic heterocycles. The number of carbonyl (C=O) groups is 1. The van der Waals surface area contributed by atoms with Gasteiger partial charge in [0.25, 0.3) is 5.91 Å². The van der Waals surface area contributed by atoms with E-state index in [4.69, 9.17) is 4.52 Å². The minimum absolute atomic E-state index is 0.183. The summed E-state index contributed by atoms with van der Waals surface area (Å²) in [6.45, 7) is 2.89. The third-order valence-electron chi connectivity index (χ3n) is 6.36. The molecular formula is C24H25N3O4S. The molecule has 1 aliphatic carbocycles. The molecule has 0 atom stereocenters. The average Bonchev–Trinajstić information content (AvgIpc) is 3.45. The number of aromatic nitrogens is 1. The van der Waals surface area contributed by atoms with Crippen molar-refractivity contribution in [3.05, 3.63) is 71.0 Å². The fourth-order valence-electron chi connectivity index (χ4n) is 4.56. The van der Waals surface area contributed by atoms with Crippen molar-refractivity contribution in [1.82, 2.24) is 14.4 Å². The highest BCUT2D eigenvalue weighted by Gasteiger charge is 2.33. The molecular weight excluding hydrogens is 426 g/mol. The predicted molar refractivity (Wildman–Crippen MR) is 120 cm³/mol. The SMILES string of the molecule is Cc1onc(-c2ccccc2)c1C(=O)N1CCN(S(=O)(=O)c2ccc3c(c2)CCC3)CC1. The molecule has 5 rings (SSSR count). The zero-order chi connectivity index (χ0) is 22.3. The van der Waals surface area contributed by atoms with E-state index < -0.39 is 10.0 Å². The van der Waals surface area contributed by atoms with E-state index >= 15 is 0 Å². The minimum Gasteiger partial charge on any atom is -0.360 e. The van der Waals surface area contributed by atoms with Gasteiger partial charge >= 0.3 is 0 Å². The number of piperazine rings is 1. The zero-order valence-electron chi connectivity index (χ0n) is 18.0. The van der Waals surface area contributed by atoms with Crippen LogP contribution in [0.5, 0.6) is 0 Å². The van der Waals surface area contributed by atoms with E-state index in [1.165, 1.54) is 9.87 Å². The zero-order valence-corrected chi connectivity index (χ0v) is 18.8. The fraction of sp³-hybridized carbons (Fsp3) is 0.333. The summed E-state index contributed by atoms with van der Waals surface area (Å²) in [5.74, 6) is 0.277. The number of hydrogen-bond acceptors (Lipinski definition) is 5. The van der Waals surface area contributed by atoms with Crippen molar-refractivity contribution in [1.29, 1.82) is 0 Å². The topological polar surface area (TPSA) is 83.7 Å². The number of benzene rings is 2. The molecule has 0 N–H and O–H groups in total. The fourth-order valence-corrected chi connectivity index (χ4v) is 6.04. The maximum absolute atomic E-state index is 13.3. The van der Waals surface area contributed by atoms with E-state index in [0.717, 1.165) is 30.4 Å². The number of nitrogens with zero attached hydrogens (tertiary/aromatic N) is 3. The quantitative estimate of drug-likeness (QED) is 0.608. The van der Waals surface area contributed by atoms with E-state index in [2.05, 4.69) is 5.16 Å². The smallest absolute Gasteiger partial charge is 0.259 e. The second-order valence-corrected chi connectivity index (χ2v) is 10.2. The summed E-state index contributed by atoms with van der Waals surface area (Å²) in [5, 5.41) is 4.10. The van der Waals surface area contributed by atoms with Crippen LogP contribution in [-0.4, -0.2) is 54.9 Å². The van der Waals surface area contributed by atoms with Crippen LogP contribution in [0.1, 0.15) is 33.7 Å². The maximum atomic E-state index is 13.3. The molecule has 1 aromatic heterocycles. The summed E-state index contributed by atoms with van der Waals surface area (Å²) in [6, 6.07) is 14.9. The Morgan fingerprint density at radius 3 is 2.44 bits per heavy atom. The average molecular weight is 452 g/mol. The first kappa shape index (κ1) is 20.9. The number of fused-ring (bicyclic) bond motifs is 1. The number of aryl methyl sites for hydroxylation is 3. The number of carbonyl (C=O) groups excluding carboxylic acids is 1. The Bertz CT molecular complexity index is 1260. The Labute approximate surface area is 187 Å². The molecule has 7 nitrogen and oxygen atoms in total. The monoisotopic (exact) mass is 451 g/mol. The van der Waals surface area contributed by atoms with Gasteiger partial charge in [0.15, 0.2) is 0 Å². The van der Waals surface area contributed by atoms with Gasteiger partial charge in [-0.15, -0.1) is 0 Å². The molecule has 0 saturated carbocycles. The standard InChI is InChI=1S/C24H25N3O4S/c1-17-22(23(25-31-17)19-6-3-2-4-7-19)24(28)26-12-14-27(15-13-26)32(29,30)21-11-10-18-8-5-9-20(18)16-21/h2-4,6-7,10-11,16H,5,8-9,12-15H2,1H3. The highest BCUT2D eigenvalue weighted by atomic mass is 32.2. The van der Waals surface area contributed by atoms with Gasteiger partial charge in [-0.2, -0.15) is 4.31 Å². The van der Waals surface area contributed by atoms with Crippen LogP contribution < -0.4 is 0 Å². The highest BCUT2D eigenvalue weighted by Crippen LogP contribution is 2.29. The normalized spacial score (nSPS) is 16.8. The summed E-state index contributed by atoms with van der Waals surface area (Å²) in [7, 11) is -3.58. The molecule has 0 radical (unpaired) electrons. The van der Waals surface area contributed by atoms with Gasteiger partial charge in [-0.1, -0.05) is 41.6 Å². The van der Waals surface area contributed by atoms with Crippen molar-refractivity contribution in [2.75, 3.05) is 26.2 Å². The summed E-state index contributed by atoms with van der Waals surface area (Å²) in [4.78, 5) is 15.3. The molecule has 0 unspecified atom stereocenters. The third-order valence-corrected chi connectivity index (χ3v) is 8.25. The van der Waals surface area contributed by atoms with E-state index in [0.29, 0.717) is 35.0 Å². The van der Waals surface area contributed by atoms with Crippen molar-refractivity contribution in [3.8, 4) is 11.3 Å². The minimum atomic E-state index is -3.58. The summed E-state index contributed by atoms with van der Waals surface area (Å²) in [5.41, 5.74) is 4.15. The first-order valence-corrected chi connectivity index (χ1v) is 12.3. The number of amides is 1. The van der Waals surface area contributed by atoms with Crippen LogP contribution in [0, 0.1) is 6.92 Å². The Hall–Kier alpha value is -2.97. The Kier molecular flexibility index (Phi) is 5.35. The van der Waals surface area contributed by atoms with Crippen LogP contribution in [-0.2, 0) is 22.9 Å². The van der Waals surface area contributed by atoms with E-state index in [1.807, 2.05) is 42.5 Å². The third kappa shape index (κ3) is 3.63. The number of rotatable bonds is 4. The van der Waals surface area contributed by atoms with Crippen LogP contribution in [0.3, 0.4) is 0 Å². The van der Waals surface area contributed by atoms with E-state index in [-0.39, 0.29) is 19.0 Å². The van der Waals surface area contributed by atoms with Crippen LogP contribution >= 0.6 is 0 Å². The lowest BCUT2D eigenvalue weighted by atomic mass is 10.0. The van der Waals surface area contributed by atoms with Crippen LogP contribution in [0.25, 0.3) is 11.3 Å². The van der Waals surface area contributed by atoms with Gasteiger partial charge in [0, 0.05) is 31.7 Å². The van der Waals surface area contributed by atoms with Crippen LogP contribution in [0.4, 0.5) is 0 Å². The first-order valence-electron chi connectivity index (χ1n) is 10.9. The molecule has 2 heterocycles.